The first-order chi connectivity index (χ1) is 9.90. The van der Waals surface area contributed by atoms with Gasteiger partial charge in [0.05, 0.1) is 11.0 Å². The molecular weight excluding hydrogens is 270 g/mol. The molecule has 1 heterocycles. The largest absolute Gasteiger partial charge is 0.381 e. The molecule has 0 unspecified atom stereocenters. The van der Waals surface area contributed by atoms with Crippen LogP contribution in [0.4, 0.5) is 0 Å². The fourth-order valence-corrected chi connectivity index (χ4v) is 3.38. The Morgan fingerprint density at radius 1 is 1.14 bits per heavy atom. The Balaban J connectivity index is 1.99. The van der Waals surface area contributed by atoms with Gasteiger partial charge >= 0.3 is 0 Å². The lowest BCUT2D eigenvalue weighted by atomic mass is 9.83. The molecule has 1 saturated heterocycles. The predicted molar refractivity (Wildman–Crippen MR) is 79.6 cm³/mol. The SMILES string of the molecule is CN(C)C(=O)C1(CNC(=O)C2(N)CCOCC2)CCCC1. The minimum atomic E-state index is -0.848. The topological polar surface area (TPSA) is 84.7 Å². The summed E-state index contributed by atoms with van der Waals surface area (Å²) in [6.45, 7) is 1.43. The molecule has 0 aromatic heterocycles. The van der Waals surface area contributed by atoms with Gasteiger partial charge in [0, 0.05) is 33.9 Å². The van der Waals surface area contributed by atoms with Crippen LogP contribution in [0, 0.1) is 5.41 Å². The first-order valence-corrected chi connectivity index (χ1v) is 7.76. The van der Waals surface area contributed by atoms with Crippen LogP contribution in [0.5, 0.6) is 0 Å². The maximum Gasteiger partial charge on any atom is 0.240 e. The van der Waals surface area contributed by atoms with Crippen molar-refractivity contribution in [2.45, 2.75) is 44.1 Å². The summed E-state index contributed by atoms with van der Waals surface area (Å²) < 4.78 is 5.26. The molecule has 0 aromatic rings. The molecule has 0 aromatic carbocycles. The Morgan fingerprint density at radius 3 is 2.24 bits per heavy atom. The Labute approximate surface area is 126 Å². The van der Waals surface area contributed by atoms with Gasteiger partial charge < -0.3 is 20.7 Å². The second kappa shape index (κ2) is 6.32. The van der Waals surface area contributed by atoms with Crippen LogP contribution in [0.3, 0.4) is 0 Å². The molecule has 0 radical (unpaired) electrons. The first kappa shape index (κ1) is 16.2. The molecule has 2 amide bonds. The zero-order chi connectivity index (χ0) is 15.5. The van der Waals surface area contributed by atoms with E-state index in [0.29, 0.717) is 32.6 Å². The van der Waals surface area contributed by atoms with E-state index in [1.54, 1.807) is 19.0 Å². The molecule has 2 rings (SSSR count). The van der Waals surface area contributed by atoms with Crippen molar-refractivity contribution in [3.8, 4) is 0 Å². The molecule has 2 aliphatic rings. The first-order valence-electron chi connectivity index (χ1n) is 7.76. The van der Waals surface area contributed by atoms with Gasteiger partial charge in [-0.2, -0.15) is 0 Å². The fourth-order valence-electron chi connectivity index (χ4n) is 3.38. The van der Waals surface area contributed by atoms with Crippen LogP contribution in [0.15, 0.2) is 0 Å². The maximum absolute atomic E-state index is 12.5. The summed E-state index contributed by atoms with van der Waals surface area (Å²) in [7, 11) is 3.54. The summed E-state index contributed by atoms with van der Waals surface area (Å²) in [4.78, 5) is 26.5. The van der Waals surface area contributed by atoms with E-state index in [1.807, 2.05) is 0 Å². The normalized spacial score (nSPS) is 23.6. The molecule has 120 valence electrons. The highest BCUT2D eigenvalue weighted by Gasteiger charge is 2.44. The highest BCUT2D eigenvalue weighted by molar-refractivity contribution is 5.88. The number of carbonyl (C=O) groups excluding carboxylic acids is 2. The van der Waals surface area contributed by atoms with Crippen LogP contribution >= 0.6 is 0 Å². The second-order valence-electron chi connectivity index (χ2n) is 6.64. The Kier molecular flexibility index (Phi) is 4.88. The van der Waals surface area contributed by atoms with Crippen molar-refractivity contribution in [3.63, 3.8) is 0 Å². The highest BCUT2D eigenvalue weighted by atomic mass is 16.5. The number of ether oxygens (including phenoxy) is 1. The predicted octanol–water partition coefficient (Wildman–Crippen LogP) is 0.259. The Morgan fingerprint density at radius 2 is 1.71 bits per heavy atom. The van der Waals surface area contributed by atoms with Crippen molar-refractivity contribution in [1.82, 2.24) is 10.2 Å². The van der Waals surface area contributed by atoms with E-state index in [0.717, 1.165) is 25.7 Å². The summed E-state index contributed by atoms with van der Waals surface area (Å²) in [6.07, 6.45) is 4.82. The molecule has 0 spiro atoms. The van der Waals surface area contributed by atoms with Gasteiger partial charge in [0.1, 0.15) is 0 Å². The molecule has 2 fully saturated rings. The van der Waals surface area contributed by atoms with Crippen LogP contribution in [-0.2, 0) is 14.3 Å². The summed E-state index contributed by atoms with van der Waals surface area (Å²) >= 11 is 0. The molecule has 1 aliphatic heterocycles. The number of amides is 2. The molecule has 6 nitrogen and oxygen atoms in total. The summed E-state index contributed by atoms with van der Waals surface area (Å²) in [6, 6.07) is 0. The monoisotopic (exact) mass is 297 g/mol. The van der Waals surface area contributed by atoms with E-state index in [-0.39, 0.29) is 11.8 Å². The van der Waals surface area contributed by atoms with Gasteiger partial charge in [0.25, 0.3) is 0 Å². The van der Waals surface area contributed by atoms with Gasteiger partial charge in [-0.3, -0.25) is 9.59 Å². The number of nitrogens with two attached hydrogens (primary N) is 1. The number of carbonyl (C=O) groups is 2. The zero-order valence-corrected chi connectivity index (χ0v) is 13.1. The number of hydrogen-bond acceptors (Lipinski definition) is 4. The average Bonchev–Trinajstić information content (AvgIpc) is 2.94. The molecule has 1 aliphatic carbocycles. The van der Waals surface area contributed by atoms with Crippen molar-refractivity contribution in [2.24, 2.45) is 11.1 Å². The van der Waals surface area contributed by atoms with Gasteiger partial charge in [0.15, 0.2) is 0 Å². The van der Waals surface area contributed by atoms with Crippen LogP contribution in [0.2, 0.25) is 0 Å². The zero-order valence-electron chi connectivity index (χ0n) is 13.1. The van der Waals surface area contributed by atoms with Gasteiger partial charge in [-0.25, -0.2) is 0 Å². The van der Waals surface area contributed by atoms with E-state index in [2.05, 4.69) is 5.32 Å². The van der Waals surface area contributed by atoms with E-state index in [9.17, 15) is 9.59 Å². The summed E-state index contributed by atoms with van der Waals surface area (Å²) in [5.41, 5.74) is 4.89. The van der Waals surface area contributed by atoms with Gasteiger partial charge in [-0.15, -0.1) is 0 Å². The second-order valence-corrected chi connectivity index (χ2v) is 6.64. The number of nitrogens with one attached hydrogen (secondary N) is 1. The molecule has 21 heavy (non-hydrogen) atoms. The lowest BCUT2D eigenvalue weighted by molar-refractivity contribution is -0.140. The number of nitrogens with zero attached hydrogens (tertiary/aromatic N) is 1. The molecule has 3 N–H and O–H groups in total. The van der Waals surface area contributed by atoms with Gasteiger partial charge in [-0.05, 0) is 25.7 Å². The number of hydrogen-bond donors (Lipinski definition) is 2. The lowest BCUT2D eigenvalue weighted by Gasteiger charge is -2.35. The molecule has 1 saturated carbocycles. The van der Waals surface area contributed by atoms with E-state index >= 15 is 0 Å². The molecule has 6 heteroatoms. The molecule has 0 bridgehead atoms. The molecule has 0 atom stereocenters. The third-order valence-electron chi connectivity index (χ3n) is 4.85. The van der Waals surface area contributed by atoms with Crippen molar-refractivity contribution in [2.75, 3.05) is 33.9 Å². The smallest absolute Gasteiger partial charge is 0.240 e. The van der Waals surface area contributed by atoms with Crippen LogP contribution in [0.1, 0.15) is 38.5 Å². The van der Waals surface area contributed by atoms with Crippen LogP contribution < -0.4 is 11.1 Å². The maximum atomic E-state index is 12.5. The Bertz CT molecular complexity index is 397. The molecular formula is C15H27N3O3. The number of rotatable bonds is 4. The van der Waals surface area contributed by atoms with E-state index in [4.69, 9.17) is 10.5 Å². The lowest BCUT2D eigenvalue weighted by Crippen LogP contribution is -2.59. The van der Waals surface area contributed by atoms with Crippen molar-refractivity contribution in [1.29, 1.82) is 0 Å². The van der Waals surface area contributed by atoms with Gasteiger partial charge in [-0.1, -0.05) is 12.8 Å². The minimum absolute atomic E-state index is 0.110. The minimum Gasteiger partial charge on any atom is -0.381 e. The third-order valence-corrected chi connectivity index (χ3v) is 4.85. The Hall–Kier alpha value is -1.14. The van der Waals surface area contributed by atoms with E-state index in [1.165, 1.54) is 0 Å². The standard InChI is InChI=1S/C15H27N3O3/c1-18(2)13(20)14(5-3-4-6-14)11-17-12(19)15(16)7-9-21-10-8-15/h3-11,16H2,1-2H3,(H,17,19). The highest BCUT2D eigenvalue weighted by Crippen LogP contribution is 2.39. The average molecular weight is 297 g/mol. The quantitative estimate of drug-likeness (QED) is 0.779. The third kappa shape index (κ3) is 3.37. The van der Waals surface area contributed by atoms with Gasteiger partial charge in [0.2, 0.25) is 11.8 Å². The van der Waals surface area contributed by atoms with E-state index < -0.39 is 11.0 Å². The van der Waals surface area contributed by atoms with Crippen molar-refractivity contribution < 1.29 is 14.3 Å². The summed E-state index contributed by atoms with van der Waals surface area (Å²) in [5.74, 6) is -0.0398. The van der Waals surface area contributed by atoms with Crippen LogP contribution in [0.25, 0.3) is 0 Å². The van der Waals surface area contributed by atoms with Crippen molar-refractivity contribution >= 4 is 11.8 Å². The fraction of sp³-hybridized carbons (Fsp3) is 0.867. The summed E-state index contributed by atoms with van der Waals surface area (Å²) in [5, 5.41) is 2.94. The van der Waals surface area contributed by atoms with Crippen LogP contribution in [-0.4, -0.2) is 56.1 Å². The van der Waals surface area contributed by atoms with Crippen molar-refractivity contribution in [3.05, 3.63) is 0 Å².